The van der Waals surface area contributed by atoms with Gasteiger partial charge in [-0.05, 0) is 19.4 Å². The second-order valence-electron chi connectivity index (χ2n) is 4.61. The van der Waals surface area contributed by atoms with Gasteiger partial charge >= 0.3 is 0 Å². The van der Waals surface area contributed by atoms with Crippen LogP contribution in [-0.2, 0) is 9.59 Å². The van der Waals surface area contributed by atoms with E-state index < -0.39 is 5.41 Å². The van der Waals surface area contributed by atoms with Crippen LogP contribution in [-0.4, -0.2) is 12.1 Å². The normalized spacial score (nSPS) is 12.8. The molecule has 0 spiro atoms. The summed E-state index contributed by atoms with van der Waals surface area (Å²) in [6.07, 6.45) is 3.82. The summed E-state index contributed by atoms with van der Waals surface area (Å²) in [5, 5.41) is 0. The minimum Gasteiger partial charge on any atom is -0.299 e. The van der Waals surface area contributed by atoms with E-state index in [-0.39, 0.29) is 18.1 Å². The van der Waals surface area contributed by atoms with Gasteiger partial charge in [-0.25, -0.2) is 0 Å². The van der Waals surface area contributed by atoms with E-state index in [4.69, 9.17) is 0 Å². The topological polar surface area (TPSA) is 34.1 Å². The largest absolute Gasteiger partial charge is 0.299 e. The molecule has 0 N–H and O–H groups in total. The quantitative estimate of drug-likeness (QED) is 0.555. The van der Waals surface area contributed by atoms with Crippen molar-refractivity contribution in [3.05, 3.63) is 48.6 Å². The van der Waals surface area contributed by atoms with Crippen molar-refractivity contribution < 1.29 is 9.59 Å². The van der Waals surface area contributed by atoms with Crippen molar-refractivity contribution in [3.8, 4) is 0 Å². The lowest BCUT2D eigenvalue weighted by atomic mass is 9.82. The number of carbonyl (C=O) groups excluding carboxylic acids is 2. The maximum Gasteiger partial charge on any atom is 0.212 e. The highest BCUT2D eigenvalue weighted by Crippen LogP contribution is 2.25. The minimum absolute atomic E-state index is 0.0451. The number of hydrogen-bond donors (Lipinski definition) is 0. The summed E-state index contributed by atoms with van der Waals surface area (Å²) >= 11 is 0. The van der Waals surface area contributed by atoms with Crippen LogP contribution in [0.2, 0.25) is 0 Å². The molecular weight excluding hydrogens is 212 g/mol. The summed E-state index contributed by atoms with van der Waals surface area (Å²) in [6, 6.07) is 9.68. The van der Waals surface area contributed by atoms with Gasteiger partial charge in [0.1, 0.15) is 5.78 Å². The van der Waals surface area contributed by atoms with Gasteiger partial charge in [0.05, 0.1) is 5.41 Å². The number of ketones is 1. The van der Waals surface area contributed by atoms with E-state index >= 15 is 0 Å². The summed E-state index contributed by atoms with van der Waals surface area (Å²) in [5.41, 5.74) is 0.00769. The van der Waals surface area contributed by atoms with E-state index in [1.54, 1.807) is 26.2 Å². The third kappa shape index (κ3) is 3.38. The average molecular weight is 229 g/mol. The van der Waals surface area contributed by atoms with Crippen molar-refractivity contribution in [3.63, 3.8) is 0 Å². The zero-order chi connectivity index (χ0) is 12.9. The fraction of sp³-hybridized carbons (Fsp3) is 0.333. The molecule has 0 fully saturated rings. The molecule has 0 amide bonds. The highest BCUT2D eigenvalue weighted by Gasteiger charge is 2.29. The van der Waals surface area contributed by atoms with Crippen molar-refractivity contribution >= 4 is 12.1 Å². The monoisotopic (exact) mass is 229 g/mol. The summed E-state index contributed by atoms with van der Waals surface area (Å²) in [4.78, 5) is 22.6. The van der Waals surface area contributed by atoms with Crippen molar-refractivity contribution in [2.45, 2.75) is 26.2 Å². The smallest absolute Gasteiger partial charge is 0.212 e. The molecule has 0 aliphatic heterocycles. The molecule has 0 heterocycles. The Morgan fingerprint density at radius 1 is 1.41 bits per heavy atom. The van der Waals surface area contributed by atoms with Gasteiger partial charge in [-0.2, -0.15) is 0 Å². The van der Waals surface area contributed by atoms with Crippen LogP contribution in [0.1, 0.15) is 31.7 Å². The Bertz CT molecular complexity index is 404. The second kappa shape index (κ2) is 5.58. The average Bonchev–Trinajstić information content (AvgIpc) is 2.36. The molecule has 2 heteroatoms. The van der Waals surface area contributed by atoms with E-state index in [2.05, 4.69) is 6.58 Å². The van der Waals surface area contributed by atoms with Crippen LogP contribution in [0.25, 0.3) is 0 Å². The van der Waals surface area contributed by atoms with E-state index in [9.17, 15) is 9.59 Å². The molecule has 0 aromatic heterocycles. The number of rotatable bonds is 6. The Morgan fingerprint density at radius 2 is 2.00 bits per heavy atom. The van der Waals surface area contributed by atoms with E-state index in [1.807, 2.05) is 30.3 Å². The zero-order valence-electron chi connectivity index (χ0n) is 10.3. The molecule has 0 aliphatic carbocycles. The molecule has 0 saturated carbocycles. The fourth-order valence-corrected chi connectivity index (χ4v) is 1.55. The van der Waals surface area contributed by atoms with Crippen LogP contribution < -0.4 is 0 Å². The van der Waals surface area contributed by atoms with Gasteiger partial charge in [0.2, 0.25) is 6.29 Å². The van der Waals surface area contributed by atoms with Crippen molar-refractivity contribution in [1.82, 2.24) is 0 Å². The molecule has 0 aliphatic rings. The Balaban J connectivity index is 2.82. The van der Waals surface area contributed by atoms with Crippen LogP contribution in [0, 0.1) is 5.41 Å². The molecule has 1 atom stereocenters. The molecule has 0 saturated heterocycles. The standard InChI is InChI=1S/C15H17O2/c1-4-12(13-8-6-5-7-9-13)10-14(17)15(2,3)11-16/h4-9,12H,1,10H2,2-3H3. The SMILES string of the molecule is C=CC(CC(=O)C(C)(C)[C]=O)c1ccccc1. The molecule has 1 aromatic rings. The van der Waals surface area contributed by atoms with E-state index in [0.29, 0.717) is 0 Å². The number of allylic oxidation sites excluding steroid dienone is 1. The Labute approximate surface area is 102 Å². The first-order valence-corrected chi connectivity index (χ1v) is 5.61. The third-order valence-corrected chi connectivity index (χ3v) is 2.87. The zero-order valence-corrected chi connectivity index (χ0v) is 10.3. The first kappa shape index (κ1) is 13.4. The lowest BCUT2D eigenvalue weighted by molar-refractivity contribution is -0.124. The van der Waals surface area contributed by atoms with Gasteiger partial charge < -0.3 is 0 Å². The van der Waals surface area contributed by atoms with Gasteiger partial charge in [0.25, 0.3) is 0 Å². The van der Waals surface area contributed by atoms with Crippen LogP contribution in [0.5, 0.6) is 0 Å². The maximum atomic E-state index is 11.9. The van der Waals surface area contributed by atoms with Gasteiger partial charge in [-0.15, -0.1) is 6.58 Å². The van der Waals surface area contributed by atoms with Crippen LogP contribution in [0.4, 0.5) is 0 Å². The maximum absolute atomic E-state index is 11.9. The van der Waals surface area contributed by atoms with Gasteiger partial charge in [-0.1, -0.05) is 36.4 Å². The second-order valence-corrected chi connectivity index (χ2v) is 4.61. The van der Waals surface area contributed by atoms with Crippen LogP contribution >= 0.6 is 0 Å². The molecule has 1 unspecified atom stereocenters. The molecular formula is C15H17O2. The number of Topliss-reactive ketones (excluding diaryl/α,β-unsaturated/α-hetero) is 1. The molecule has 17 heavy (non-hydrogen) atoms. The number of carbonyl (C=O) groups is 1. The predicted octanol–water partition coefficient (Wildman–Crippen LogP) is 3.05. The lowest BCUT2D eigenvalue weighted by Crippen LogP contribution is -2.26. The third-order valence-electron chi connectivity index (χ3n) is 2.87. The Kier molecular flexibility index (Phi) is 4.38. The molecule has 0 bridgehead atoms. The van der Waals surface area contributed by atoms with E-state index in [1.165, 1.54) is 0 Å². The van der Waals surface area contributed by atoms with Gasteiger partial charge in [0, 0.05) is 12.3 Å². The predicted molar refractivity (Wildman–Crippen MR) is 68.5 cm³/mol. The number of benzene rings is 1. The van der Waals surface area contributed by atoms with Crippen molar-refractivity contribution in [2.75, 3.05) is 0 Å². The Morgan fingerprint density at radius 3 is 2.47 bits per heavy atom. The van der Waals surface area contributed by atoms with Crippen molar-refractivity contribution in [1.29, 1.82) is 0 Å². The fourth-order valence-electron chi connectivity index (χ4n) is 1.55. The van der Waals surface area contributed by atoms with Crippen molar-refractivity contribution in [2.24, 2.45) is 5.41 Å². The lowest BCUT2D eigenvalue weighted by Gasteiger charge is -2.18. The first-order chi connectivity index (χ1) is 8.01. The first-order valence-electron chi connectivity index (χ1n) is 5.61. The summed E-state index contributed by atoms with van der Waals surface area (Å²) in [7, 11) is 0. The highest BCUT2D eigenvalue weighted by molar-refractivity contribution is 5.97. The van der Waals surface area contributed by atoms with Gasteiger partial charge in [0.15, 0.2) is 0 Å². The molecule has 1 radical (unpaired) electrons. The summed E-state index contributed by atoms with van der Waals surface area (Å²) in [5.74, 6) is -0.155. The molecule has 89 valence electrons. The highest BCUT2D eigenvalue weighted by atomic mass is 16.1. The molecule has 1 aromatic carbocycles. The molecule has 2 nitrogen and oxygen atoms in total. The number of hydrogen-bond acceptors (Lipinski definition) is 2. The molecule has 1 rings (SSSR count). The summed E-state index contributed by atoms with van der Waals surface area (Å²) < 4.78 is 0. The van der Waals surface area contributed by atoms with Gasteiger partial charge in [-0.3, -0.25) is 9.59 Å². The van der Waals surface area contributed by atoms with Crippen LogP contribution in [0.15, 0.2) is 43.0 Å². The summed E-state index contributed by atoms with van der Waals surface area (Å²) in [6.45, 7) is 6.93. The Hall–Kier alpha value is -1.70. The van der Waals surface area contributed by atoms with Crippen LogP contribution in [0.3, 0.4) is 0 Å². The minimum atomic E-state index is -1.03. The van der Waals surface area contributed by atoms with E-state index in [0.717, 1.165) is 5.56 Å².